The fourth-order valence-corrected chi connectivity index (χ4v) is 9.78. The monoisotopic (exact) mass is 658 g/mol. The normalized spacial score (nSPS) is 27.1. The Hall–Kier alpha value is -3.37. The van der Waals surface area contributed by atoms with Crippen molar-refractivity contribution in [1.29, 1.82) is 0 Å². The van der Waals surface area contributed by atoms with Crippen molar-refractivity contribution in [2.45, 2.75) is 94.9 Å². The summed E-state index contributed by atoms with van der Waals surface area (Å²) in [5.74, 6) is 0.884. The van der Waals surface area contributed by atoms with Crippen LogP contribution in [0.2, 0.25) is 0 Å². The lowest BCUT2D eigenvalue weighted by molar-refractivity contribution is -0.140. The van der Waals surface area contributed by atoms with E-state index in [2.05, 4.69) is 31.2 Å². The Bertz CT molecular complexity index is 1870. The van der Waals surface area contributed by atoms with E-state index in [1.54, 1.807) is 27.0 Å². The van der Waals surface area contributed by atoms with Gasteiger partial charge in [0.05, 0.1) is 23.5 Å². The van der Waals surface area contributed by atoms with Gasteiger partial charge in [-0.25, -0.2) is 13.1 Å². The number of nitrogens with zero attached hydrogens (tertiary/aromatic N) is 3. The molecule has 2 amide bonds. The number of hydrogen-bond donors (Lipinski definition) is 1. The molecule has 5 fully saturated rings. The number of aromatic nitrogens is 1. The molecule has 2 aromatic carbocycles. The van der Waals surface area contributed by atoms with Crippen molar-refractivity contribution in [3.05, 3.63) is 53.1 Å². The molecule has 5 heterocycles. The van der Waals surface area contributed by atoms with Crippen molar-refractivity contribution in [2.75, 3.05) is 33.3 Å². The molecule has 2 saturated carbocycles. The summed E-state index contributed by atoms with van der Waals surface area (Å²) in [6.45, 7) is 7.46. The van der Waals surface area contributed by atoms with E-state index in [0.717, 1.165) is 86.2 Å². The van der Waals surface area contributed by atoms with Gasteiger partial charge in [0.2, 0.25) is 15.9 Å². The fraction of sp³-hybridized carbons (Fsp3) is 0.568. The van der Waals surface area contributed by atoms with Crippen LogP contribution < -0.4 is 9.46 Å². The van der Waals surface area contributed by atoms with Gasteiger partial charge in [-0.3, -0.25) is 9.59 Å². The summed E-state index contributed by atoms with van der Waals surface area (Å²) in [7, 11) is -2.10. The summed E-state index contributed by atoms with van der Waals surface area (Å²) in [6, 6.07) is 12.3. The maximum Gasteiger partial charge on any atom is 0.264 e. The molecule has 2 atom stereocenters. The van der Waals surface area contributed by atoms with Crippen LogP contribution >= 0.6 is 0 Å². The van der Waals surface area contributed by atoms with Crippen molar-refractivity contribution in [3.63, 3.8) is 0 Å². The summed E-state index contributed by atoms with van der Waals surface area (Å²) in [4.78, 5) is 33.1. The predicted octanol–water partition coefficient (Wildman–Crippen LogP) is 5.63. The highest BCUT2D eigenvalue weighted by Crippen LogP contribution is 2.66. The van der Waals surface area contributed by atoms with E-state index in [1.807, 2.05) is 18.2 Å². The van der Waals surface area contributed by atoms with E-state index in [1.165, 1.54) is 30.4 Å². The Balaban J connectivity index is 1.32. The van der Waals surface area contributed by atoms with Crippen LogP contribution in [0.1, 0.15) is 98.5 Å². The van der Waals surface area contributed by atoms with Gasteiger partial charge >= 0.3 is 0 Å². The minimum Gasteiger partial charge on any atom is -0.497 e. The number of rotatable bonds is 6. The number of hydrogen-bond acceptors (Lipinski definition) is 6. The molecule has 6 aliphatic rings. The highest BCUT2D eigenvalue weighted by molar-refractivity contribution is 7.90. The lowest BCUT2D eigenvalue weighted by Crippen LogP contribution is -2.46. The average Bonchev–Trinajstić information content (AvgIpc) is 3.83. The zero-order valence-corrected chi connectivity index (χ0v) is 28.6. The van der Waals surface area contributed by atoms with Crippen molar-refractivity contribution in [1.82, 2.24) is 19.1 Å². The molecule has 250 valence electrons. The molecule has 1 aromatic heterocycles. The second-order valence-electron chi connectivity index (χ2n) is 14.9. The molecule has 3 aromatic rings. The third-order valence-corrected chi connectivity index (χ3v) is 13.7. The first-order valence-corrected chi connectivity index (χ1v) is 19.1. The first-order chi connectivity index (χ1) is 22.6. The van der Waals surface area contributed by atoms with E-state index < -0.39 is 26.6 Å². The van der Waals surface area contributed by atoms with Gasteiger partial charge in [0.15, 0.2) is 0 Å². The number of piperidine rings is 1. The minimum absolute atomic E-state index is 0.0812. The fourth-order valence-electron chi connectivity index (χ4n) is 9.17. The number of carbonyl (C=O) groups is 2. The van der Waals surface area contributed by atoms with Crippen molar-refractivity contribution in [2.24, 2.45) is 5.41 Å². The van der Waals surface area contributed by atoms with E-state index >= 15 is 0 Å². The number of nitrogens with one attached hydrogen (secondary N) is 1. The van der Waals surface area contributed by atoms with Crippen LogP contribution in [0.15, 0.2) is 36.4 Å². The SMILES string of the molecule is COc1ccc2c(c1)C1CC1(C(=O)N1CCN3CCC1CC3)Cn1c-2c(C2CCCCC2)c2ccc(C(=O)NS(=O)(=O)C(C)C)cc21. The molecule has 3 saturated heterocycles. The smallest absolute Gasteiger partial charge is 0.264 e. The Morgan fingerprint density at radius 1 is 0.957 bits per heavy atom. The van der Waals surface area contributed by atoms with E-state index in [4.69, 9.17) is 4.74 Å². The zero-order valence-electron chi connectivity index (χ0n) is 27.8. The second kappa shape index (κ2) is 11.4. The first kappa shape index (κ1) is 30.9. The Morgan fingerprint density at radius 3 is 2.45 bits per heavy atom. The number of fused-ring (bicyclic) bond motifs is 11. The van der Waals surface area contributed by atoms with Gasteiger partial charge in [-0.15, -0.1) is 0 Å². The molecule has 0 radical (unpaired) electrons. The van der Waals surface area contributed by atoms with Crippen molar-refractivity contribution in [3.8, 4) is 17.0 Å². The highest BCUT2D eigenvalue weighted by atomic mass is 32.2. The summed E-state index contributed by atoms with van der Waals surface area (Å²) < 4.78 is 35.7. The van der Waals surface area contributed by atoms with Crippen LogP contribution in [-0.2, 0) is 21.4 Å². The Morgan fingerprint density at radius 2 is 1.72 bits per heavy atom. The molecular weight excluding hydrogens is 612 g/mol. The third kappa shape index (κ3) is 5.00. The van der Waals surface area contributed by atoms with Crippen LogP contribution in [0.25, 0.3) is 22.2 Å². The summed E-state index contributed by atoms with van der Waals surface area (Å²) >= 11 is 0. The minimum atomic E-state index is -3.80. The summed E-state index contributed by atoms with van der Waals surface area (Å²) in [6.07, 6.45) is 8.63. The molecule has 2 bridgehead atoms. The molecule has 9 rings (SSSR count). The number of methoxy groups -OCH3 is 1. The predicted molar refractivity (Wildman–Crippen MR) is 182 cm³/mol. The van der Waals surface area contributed by atoms with Gasteiger partial charge in [0.1, 0.15) is 5.75 Å². The van der Waals surface area contributed by atoms with Gasteiger partial charge in [-0.1, -0.05) is 25.3 Å². The quantitative estimate of drug-likeness (QED) is 0.369. The molecule has 9 nitrogen and oxygen atoms in total. The maximum atomic E-state index is 15.0. The number of carbonyl (C=O) groups excluding carboxylic acids is 2. The van der Waals surface area contributed by atoms with Crippen LogP contribution in [0, 0.1) is 5.41 Å². The van der Waals surface area contributed by atoms with Crippen LogP contribution in [0.4, 0.5) is 0 Å². The molecule has 1 N–H and O–H groups in total. The number of amides is 2. The molecule has 2 unspecified atom stereocenters. The van der Waals surface area contributed by atoms with Crippen molar-refractivity contribution >= 4 is 32.7 Å². The lowest BCUT2D eigenvalue weighted by atomic mass is 9.81. The van der Waals surface area contributed by atoms with Crippen LogP contribution in [0.5, 0.6) is 5.75 Å². The number of benzene rings is 2. The van der Waals surface area contributed by atoms with Gasteiger partial charge in [-0.05, 0) is 93.3 Å². The number of ether oxygens (including phenoxy) is 1. The maximum absolute atomic E-state index is 15.0. The zero-order chi connectivity index (χ0) is 32.7. The summed E-state index contributed by atoms with van der Waals surface area (Å²) in [5, 5.41) is 0.370. The Labute approximate surface area is 277 Å². The molecule has 4 aliphatic heterocycles. The first-order valence-electron chi connectivity index (χ1n) is 17.5. The van der Waals surface area contributed by atoms with Gasteiger partial charge < -0.3 is 19.1 Å². The van der Waals surface area contributed by atoms with Crippen molar-refractivity contribution < 1.29 is 22.7 Å². The lowest BCUT2D eigenvalue weighted by Gasteiger charge is -2.34. The molecular formula is C37H46N4O5S. The molecule has 0 spiro atoms. The van der Waals surface area contributed by atoms with Gasteiger partial charge in [0, 0.05) is 66.7 Å². The van der Waals surface area contributed by atoms with E-state index in [0.29, 0.717) is 18.0 Å². The summed E-state index contributed by atoms with van der Waals surface area (Å²) in [5.41, 5.74) is 5.41. The number of sulfonamides is 1. The third-order valence-electron chi connectivity index (χ3n) is 12.0. The highest BCUT2D eigenvalue weighted by Gasteiger charge is 2.64. The topological polar surface area (TPSA) is 101 Å². The van der Waals surface area contributed by atoms with E-state index in [9.17, 15) is 18.0 Å². The van der Waals surface area contributed by atoms with E-state index in [-0.39, 0.29) is 17.9 Å². The standard InChI is InChI=1S/C37H46N4O5S/c1-23(2)47(44,45)38-35(42)25-9-11-29-32(19-25)41-22-37(36(43)40-18-17-39-15-13-26(40)14-16-39)21-31(37)30-20-27(46-3)10-12-28(30)34(41)33(29)24-7-5-4-6-8-24/h9-12,19-20,23-24,26,31H,4-8,13-18,21-22H2,1-3H3,(H,38,42). The van der Waals surface area contributed by atoms with Crippen LogP contribution in [0.3, 0.4) is 0 Å². The molecule has 47 heavy (non-hydrogen) atoms. The Kier molecular flexibility index (Phi) is 7.48. The average molecular weight is 659 g/mol. The molecule has 2 aliphatic carbocycles. The largest absolute Gasteiger partial charge is 0.497 e. The van der Waals surface area contributed by atoms with Gasteiger partial charge in [-0.2, -0.15) is 0 Å². The second-order valence-corrected chi connectivity index (χ2v) is 17.1. The van der Waals surface area contributed by atoms with Gasteiger partial charge in [0.25, 0.3) is 5.91 Å². The van der Waals surface area contributed by atoms with Crippen LogP contribution in [-0.4, -0.2) is 79.2 Å². The molecule has 10 heteroatoms.